The average Bonchev–Trinajstić information content (AvgIpc) is 2.15. The Morgan fingerprint density at radius 1 is 1.54 bits per heavy atom. The molecule has 1 saturated heterocycles. The van der Waals surface area contributed by atoms with Crippen molar-refractivity contribution in [2.45, 2.75) is 25.3 Å². The summed E-state index contributed by atoms with van der Waals surface area (Å²) in [6, 6.07) is 2.79. The summed E-state index contributed by atoms with van der Waals surface area (Å²) in [6.07, 6.45) is 2.87. The highest BCUT2D eigenvalue weighted by Crippen LogP contribution is 2.12. The molecule has 1 heterocycles. The number of nitrogens with zero attached hydrogens (tertiary/aromatic N) is 3. The molecule has 2 N–H and O–H groups in total. The van der Waals surface area contributed by atoms with Gasteiger partial charge in [-0.05, 0) is 19.9 Å². The Kier molecular flexibility index (Phi) is 4.16. The van der Waals surface area contributed by atoms with Crippen molar-refractivity contribution in [1.29, 1.82) is 5.26 Å². The first-order valence-electron chi connectivity index (χ1n) is 4.81. The van der Waals surface area contributed by atoms with Crippen LogP contribution < -0.4 is 5.84 Å². The maximum Gasteiger partial charge on any atom is 0.0635 e. The van der Waals surface area contributed by atoms with Crippen molar-refractivity contribution >= 4 is 0 Å². The molecule has 0 unspecified atom stereocenters. The van der Waals surface area contributed by atoms with Crippen molar-refractivity contribution in [2.75, 3.05) is 26.7 Å². The van der Waals surface area contributed by atoms with Gasteiger partial charge in [0.1, 0.15) is 0 Å². The molecule has 1 fully saturated rings. The predicted molar refractivity (Wildman–Crippen MR) is 51.6 cm³/mol. The van der Waals surface area contributed by atoms with E-state index in [1.165, 1.54) is 0 Å². The third-order valence-corrected chi connectivity index (χ3v) is 2.70. The van der Waals surface area contributed by atoms with Crippen LogP contribution in [0.4, 0.5) is 0 Å². The van der Waals surface area contributed by atoms with Gasteiger partial charge in [0.05, 0.1) is 6.07 Å². The first-order valence-corrected chi connectivity index (χ1v) is 4.81. The predicted octanol–water partition coefficient (Wildman–Crippen LogP) is 0.170. The largest absolute Gasteiger partial charge is 0.302 e. The zero-order valence-corrected chi connectivity index (χ0v) is 8.24. The van der Waals surface area contributed by atoms with Crippen molar-refractivity contribution < 1.29 is 0 Å². The minimum atomic E-state index is 0.619. The lowest BCUT2D eigenvalue weighted by Crippen LogP contribution is -2.46. The van der Waals surface area contributed by atoms with Gasteiger partial charge in [-0.25, -0.2) is 5.01 Å². The van der Waals surface area contributed by atoms with E-state index in [0.29, 0.717) is 12.5 Å². The van der Waals surface area contributed by atoms with Crippen LogP contribution in [0.2, 0.25) is 0 Å². The molecule has 0 atom stereocenters. The molecule has 0 amide bonds. The van der Waals surface area contributed by atoms with E-state index >= 15 is 0 Å². The first kappa shape index (κ1) is 10.5. The van der Waals surface area contributed by atoms with Crippen LogP contribution in [-0.4, -0.2) is 42.6 Å². The Labute approximate surface area is 79.9 Å². The van der Waals surface area contributed by atoms with Crippen molar-refractivity contribution in [3.05, 3.63) is 0 Å². The van der Waals surface area contributed by atoms with E-state index < -0.39 is 0 Å². The molecule has 0 spiro atoms. The summed E-state index contributed by atoms with van der Waals surface area (Å²) in [5.41, 5.74) is 0. The monoisotopic (exact) mass is 182 g/mol. The summed E-state index contributed by atoms with van der Waals surface area (Å²) >= 11 is 0. The SMILES string of the molecule is CN(CCC#N)C1CCN(N)CC1. The Hall–Kier alpha value is -0.630. The maximum absolute atomic E-state index is 8.45. The lowest BCUT2D eigenvalue weighted by molar-refractivity contribution is 0.130. The van der Waals surface area contributed by atoms with Crippen LogP contribution in [0.1, 0.15) is 19.3 Å². The van der Waals surface area contributed by atoms with Gasteiger partial charge in [-0.3, -0.25) is 5.84 Å². The second-order valence-electron chi connectivity index (χ2n) is 3.66. The van der Waals surface area contributed by atoms with Gasteiger partial charge in [-0.2, -0.15) is 5.26 Å². The molecule has 13 heavy (non-hydrogen) atoms. The summed E-state index contributed by atoms with van der Waals surface area (Å²) in [5, 5.41) is 10.3. The van der Waals surface area contributed by atoms with Crippen LogP contribution in [0.3, 0.4) is 0 Å². The maximum atomic E-state index is 8.45. The molecular weight excluding hydrogens is 164 g/mol. The summed E-state index contributed by atoms with van der Waals surface area (Å²) < 4.78 is 0. The van der Waals surface area contributed by atoms with E-state index in [-0.39, 0.29) is 0 Å². The van der Waals surface area contributed by atoms with Gasteiger partial charge in [-0.1, -0.05) is 0 Å². The zero-order chi connectivity index (χ0) is 9.68. The summed E-state index contributed by atoms with van der Waals surface area (Å²) in [4.78, 5) is 2.27. The van der Waals surface area contributed by atoms with E-state index in [2.05, 4.69) is 18.0 Å². The Balaban J connectivity index is 2.24. The Morgan fingerprint density at radius 3 is 2.69 bits per heavy atom. The van der Waals surface area contributed by atoms with Crippen molar-refractivity contribution in [1.82, 2.24) is 9.91 Å². The smallest absolute Gasteiger partial charge is 0.0635 e. The molecule has 0 aliphatic carbocycles. The number of hydrazine groups is 1. The van der Waals surface area contributed by atoms with E-state index in [9.17, 15) is 0 Å². The molecule has 4 nitrogen and oxygen atoms in total. The third kappa shape index (κ3) is 3.31. The van der Waals surface area contributed by atoms with Crippen molar-refractivity contribution in [3.8, 4) is 6.07 Å². The molecule has 1 rings (SSSR count). The second kappa shape index (κ2) is 5.18. The van der Waals surface area contributed by atoms with Crippen LogP contribution in [0.15, 0.2) is 0 Å². The van der Waals surface area contributed by atoms with Gasteiger partial charge < -0.3 is 4.90 Å². The lowest BCUT2D eigenvalue weighted by Gasteiger charge is -2.34. The number of rotatable bonds is 3. The molecule has 0 aromatic rings. The standard InChI is InChI=1S/C9H18N4/c1-12(6-2-5-10)9-3-7-13(11)8-4-9/h9H,2-4,6-8,11H2,1H3. The van der Waals surface area contributed by atoms with Crippen LogP contribution in [0.5, 0.6) is 0 Å². The van der Waals surface area contributed by atoms with Crippen LogP contribution >= 0.6 is 0 Å². The molecule has 0 aromatic heterocycles. The normalized spacial score (nSPS) is 20.5. The van der Waals surface area contributed by atoms with E-state index in [1.807, 2.05) is 5.01 Å². The first-order chi connectivity index (χ1) is 6.24. The summed E-state index contributed by atoms with van der Waals surface area (Å²) in [7, 11) is 2.09. The fraction of sp³-hybridized carbons (Fsp3) is 0.889. The minimum absolute atomic E-state index is 0.619. The fourth-order valence-corrected chi connectivity index (χ4v) is 1.74. The minimum Gasteiger partial charge on any atom is -0.302 e. The Morgan fingerprint density at radius 2 is 2.15 bits per heavy atom. The molecule has 0 aromatic carbocycles. The van der Waals surface area contributed by atoms with Crippen LogP contribution in [0, 0.1) is 11.3 Å². The van der Waals surface area contributed by atoms with Gasteiger partial charge in [-0.15, -0.1) is 0 Å². The second-order valence-corrected chi connectivity index (χ2v) is 3.66. The third-order valence-electron chi connectivity index (χ3n) is 2.70. The molecule has 0 bridgehead atoms. The number of nitriles is 1. The molecule has 1 aliphatic heterocycles. The molecule has 1 aliphatic rings. The summed E-state index contributed by atoms with van der Waals surface area (Å²) in [5.74, 6) is 5.66. The van der Waals surface area contributed by atoms with Gasteiger partial charge in [0.2, 0.25) is 0 Å². The number of hydrogen-bond acceptors (Lipinski definition) is 4. The van der Waals surface area contributed by atoms with Crippen molar-refractivity contribution in [2.24, 2.45) is 5.84 Å². The molecule has 0 saturated carbocycles. The highest BCUT2D eigenvalue weighted by molar-refractivity contribution is 4.79. The zero-order valence-electron chi connectivity index (χ0n) is 8.24. The number of piperidine rings is 1. The average molecular weight is 182 g/mol. The molecule has 4 heteroatoms. The van der Waals surface area contributed by atoms with E-state index in [0.717, 1.165) is 32.5 Å². The fourth-order valence-electron chi connectivity index (χ4n) is 1.74. The molecule has 0 radical (unpaired) electrons. The van der Waals surface area contributed by atoms with Gasteiger partial charge in [0.15, 0.2) is 0 Å². The van der Waals surface area contributed by atoms with E-state index in [4.69, 9.17) is 11.1 Å². The van der Waals surface area contributed by atoms with E-state index in [1.54, 1.807) is 0 Å². The van der Waals surface area contributed by atoms with Crippen LogP contribution in [0.25, 0.3) is 0 Å². The highest BCUT2D eigenvalue weighted by Gasteiger charge is 2.19. The van der Waals surface area contributed by atoms with Crippen LogP contribution in [-0.2, 0) is 0 Å². The van der Waals surface area contributed by atoms with Gasteiger partial charge in [0, 0.05) is 32.1 Å². The lowest BCUT2D eigenvalue weighted by atomic mass is 10.0. The molecule has 74 valence electrons. The topological polar surface area (TPSA) is 56.3 Å². The number of nitrogens with two attached hydrogens (primary N) is 1. The number of hydrogen-bond donors (Lipinski definition) is 1. The van der Waals surface area contributed by atoms with Gasteiger partial charge in [0.25, 0.3) is 0 Å². The summed E-state index contributed by atoms with van der Waals surface area (Å²) in [6.45, 7) is 2.83. The van der Waals surface area contributed by atoms with Gasteiger partial charge >= 0.3 is 0 Å². The molecular formula is C9H18N4. The van der Waals surface area contributed by atoms with Crippen molar-refractivity contribution in [3.63, 3.8) is 0 Å². The highest BCUT2D eigenvalue weighted by atomic mass is 15.4. The quantitative estimate of drug-likeness (QED) is 0.632. The Bertz CT molecular complexity index is 179.